The first-order chi connectivity index (χ1) is 8.57. The Balaban J connectivity index is 2.65. The number of halogens is 1. The number of rotatable bonds is 7. The first kappa shape index (κ1) is 15.0. The van der Waals surface area contributed by atoms with Crippen molar-refractivity contribution in [3.8, 4) is 0 Å². The number of hydrogen-bond acceptors (Lipinski definition) is 5. The van der Waals surface area contributed by atoms with E-state index in [0.717, 1.165) is 18.1 Å². The van der Waals surface area contributed by atoms with E-state index in [1.807, 2.05) is 6.08 Å². The molecule has 0 saturated carbocycles. The highest BCUT2D eigenvalue weighted by molar-refractivity contribution is 9.10. The van der Waals surface area contributed by atoms with Crippen LogP contribution in [0.4, 0.5) is 11.5 Å². The van der Waals surface area contributed by atoms with Crippen LogP contribution in [-0.4, -0.2) is 28.0 Å². The van der Waals surface area contributed by atoms with Crippen LogP contribution in [0, 0.1) is 17.0 Å². The van der Waals surface area contributed by atoms with Gasteiger partial charge in [0.05, 0.1) is 9.40 Å². The number of hydrogen-bond donors (Lipinski definition) is 1. The molecule has 0 bridgehead atoms. The molecule has 0 spiro atoms. The average molecular weight is 332 g/mol. The van der Waals surface area contributed by atoms with Crippen molar-refractivity contribution in [2.24, 2.45) is 0 Å². The highest BCUT2D eigenvalue weighted by atomic mass is 79.9. The fraction of sp³-hybridized carbons (Fsp3) is 0.364. The molecule has 5 nitrogen and oxygen atoms in total. The van der Waals surface area contributed by atoms with E-state index in [1.165, 1.54) is 6.20 Å². The fourth-order valence-corrected chi connectivity index (χ4v) is 2.31. The van der Waals surface area contributed by atoms with Crippen molar-refractivity contribution >= 4 is 39.2 Å². The molecule has 0 radical (unpaired) electrons. The summed E-state index contributed by atoms with van der Waals surface area (Å²) in [6.07, 6.45) is 3.13. The van der Waals surface area contributed by atoms with Crippen molar-refractivity contribution in [2.45, 2.75) is 6.92 Å². The lowest BCUT2D eigenvalue weighted by atomic mass is 10.2. The number of thioether (sulfide) groups is 1. The predicted molar refractivity (Wildman–Crippen MR) is 79.3 cm³/mol. The third-order valence-electron chi connectivity index (χ3n) is 2.21. The minimum Gasteiger partial charge on any atom is -0.368 e. The third kappa shape index (κ3) is 3.99. The van der Waals surface area contributed by atoms with Gasteiger partial charge in [0.1, 0.15) is 12.0 Å². The maximum Gasteiger partial charge on any atom is 0.291 e. The second-order valence-corrected chi connectivity index (χ2v) is 5.42. The zero-order valence-corrected chi connectivity index (χ0v) is 12.4. The summed E-state index contributed by atoms with van der Waals surface area (Å²) in [6.45, 7) is 6.09. The standard InChI is InChI=1S/C11H14BrN3O2S/c1-3-5-18-6-4-13-11-10(12)8(2)9(7-14-11)15(16)17/h3,7H,1,4-6H2,2H3,(H,13,14). The summed E-state index contributed by atoms with van der Waals surface area (Å²) in [5.74, 6) is 2.48. The van der Waals surface area contributed by atoms with Gasteiger partial charge < -0.3 is 5.32 Å². The lowest BCUT2D eigenvalue weighted by molar-refractivity contribution is -0.385. The highest BCUT2D eigenvalue weighted by Crippen LogP contribution is 2.30. The largest absolute Gasteiger partial charge is 0.368 e. The Bertz CT molecular complexity index is 454. The van der Waals surface area contributed by atoms with E-state index >= 15 is 0 Å². The van der Waals surface area contributed by atoms with Gasteiger partial charge in [0, 0.05) is 23.6 Å². The predicted octanol–water partition coefficient (Wildman–Crippen LogP) is 3.39. The molecule has 0 unspecified atom stereocenters. The molecule has 0 amide bonds. The van der Waals surface area contributed by atoms with Crippen LogP contribution in [-0.2, 0) is 0 Å². The minimum absolute atomic E-state index is 0.0217. The summed E-state index contributed by atoms with van der Waals surface area (Å²) in [4.78, 5) is 14.3. The molecule has 18 heavy (non-hydrogen) atoms. The van der Waals surface area contributed by atoms with Gasteiger partial charge in [0.2, 0.25) is 0 Å². The molecule has 0 aliphatic carbocycles. The van der Waals surface area contributed by atoms with Crippen molar-refractivity contribution in [1.29, 1.82) is 0 Å². The second-order valence-electron chi connectivity index (χ2n) is 3.48. The zero-order chi connectivity index (χ0) is 13.5. The Morgan fingerprint density at radius 3 is 3.06 bits per heavy atom. The van der Waals surface area contributed by atoms with Gasteiger partial charge in [0.15, 0.2) is 0 Å². The Morgan fingerprint density at radius 2 is 2.44 bits per heavy atom. The quantitative estimate of drug-likeness (QED) is 0.359. The highest BCUT2D eigenvalue weighted by Gasteiger charge is 2.16. The van der Waals surface area contributed by atoms with Gasteiger partial charge in [-0.15, -0.1) is 6.58 Å². The van der Waals surface area contributed by atoms with E-state index in [4.69, 9.17) is 0 Å². The van der Waals surface area contributed by atoms with E-state index < -0.39 is 4.92 Å². The molecule has 0 aliphatic rings. The molecule has 0 fully saturated rings. The van der Waals surface area contributed by atoms with Crippen LogP contribution in [0.5, 0.6) is 0 Å². The Kier molecular flexibility index (Phi) is 6.14. The van der Waals surface area contributed by atoms with Crippen molar-refractivity contribution in [1.82, 2.24) is 4.98 Å². The molecular weight excluding hydrogens is 318 g/mol. The summed E-state index contributed by atoms with van der Waals surface area (Å²) in [5, 5.41) is 13.9. The smallest absolute Gasteiger partial charge is 0.291 e. The van der Waals surface area contributed by atoms with Gasteiger partial charge in [-0.05, 0) is 22.9 Å². The van der Waals surface area contributed by atoms with E-state index in [9.17, 15) is 10.1 Å². The van der Waals surface area contributed by atoms with Crippen LogP contribution in [0.15, 0.2) is 23.3 Å². The minimum atomic E-state index is -0.434. The molecule has 0 aliphatic heterocycles. The van der Waals surface area contributed by atoms with Crippen molar-refractivity contribution < 1.29 is 4.92 Å². The molecular formula is C11H14BrN3O2S. The lowest BCUT2D eigenvalue weighted by Crippen LogP contribution is -2.08. The molecule has 7 heteroatoms. The normalized spacial score (nSPS) is 10.1. The molecule has 0 aromatic carbocycles. The molecule has 1 aromatic heterocycles. The number of pyridine rings is 1. The maximum absolute atomic E-state index is 10.7. The van der Waals surface area contributed by atoms with Crippen molar-refractivity contribution in [3.05, 3.63) is 39.0 Å². The van der Waals surface area contributed by atoms with Gasteiger partial charge in [-0.3, -0.25) is 10.1 Å². The first-order valence-corrected chi connectivity index (χ1v) is 7.24. The monoisotopic (exact) mass is 331 g/mol. The summed E-state index contributed by atoms with van der Waals surface area (Å²) < 4.78 is 0.644. The van der Waals surface area contributed by atoms with Crippen molar-refractivity contribution in [3.63, 3.8) is 0 Å². The number of anilines is 1. The Labute approximate surface area is 118 Å². The average Bonchev–Trinajstić information content (AvgIpc) is 2.33. The van der Waals surface area contributed by atoms with Crippen LogP contribution in [0.2, 0.25) is 0 Å². The fourth-order valence-electron chi connectivity index (χ4n) is 1.28. The SMILES string of the molecule is C=CCSCCNc1ncc([N+](=O)[O-])c(C)c1Br. The topological polar surface area (TPSA) is 68.1 Å². The first-order valence-electron chi connectivity index (χ1n) is 5.30. The zero-order valence-electron chi connectivity index (χ0n) is 9.98. The van der Waals surface area contributed by atoms with Gasteiger partial charge >= 0.3 is 0 Å². The maximum atomic E-state index is 10.7. The second kappa shape index (κ2) is 7.38. The van der Waals surface area contributed by atoms with Crippen LogP contribution >= 0.6 is 27.7 Å². The number of nitro groups is 1. The molecule has 1 heterocycles. The summed E-state index contributed by atoms with van der Waals surface area (Å²) in [6, 6.07) is 0. The molecule has 1 aromatic rings. The van der Waals surface area contributed by atoms with Gasteiger partial charge in [-0.2, -0.15) is 11.8 Å². The summed E-state index contributed by atoms with van der Waals surface area (Å²) in [7, 11) is 0. The van der Waals surface area contributed by atoms with Gasteiger partial charge in [0.25, 0.3) is 5.69 Å². The summed E-state index contributed by atoms with van der Waals surface area (Å²) in [5.41, 5.74) is 0.602. The molecule has 1 N–H and O–H groups in total. The van der Waals surface area contributed by atoms with E-state index in [2.05, 4.69) is 32.8 Å². The van der Waals surface area contributed by atoms with E-state index in [1.54, 1.807) is 18.7 Å². The van der Waals surface area contributed by atoms with E-state index in [0.29, 0.717) is 15.9 Å². The summed E-state index contributed by atoms with van der Waals surface area (Å²) >= 11 is 5.09. The van der Waals surface area contributed by atoms with Gasteiger partial charge in [-0.1, -0.05) is 6.08 Å². The van der Waals surface area contributed by atoms with E-state index in [-0.39, 0.29) is 5.69 Å². The number of aromatic nitrogens is 1. The van der Waals surface area contributed by atoms with Crippen LogP contribution in [0.1, 0.15) is 5.56 Å². The van der Waals surface area contributed by atoms with Crippen molar-refractivity contribution in [2.75, 3.05) is 23.4 Å². The number of nitrogens with zero attached hydrogens (tertiary/aromatic N) is 2. The van der Waals surface area contributed by atoms with Gasteiger partial charge in [-0.25, -0.2) is 4.98 Å². The molecule has 1 rings (SSSR count). The molecule has 0 saturated heterocycles. The van der Waals surface area contributed by atoms with Crippen LogP contribution < -0.4 is 5.32 Å². The Hall–Kier alpha value is -1.08. The third-order valence-corrected chi connectivity index (χ3v) is 4.14. The molecule has 98 valence electrons. The molecule has 0 atom stereocenters. The van der Waals surface area contributed by atoms with Crippen LogP contribution in [0.25, 0.3) is 0 Å². The number of nitrogens with one attached hydrogen (secondary N) is 1. The Morgan fingerprint density at radius 1 is 1.72 bits per heavy atom. The lowest BCUT2D eigenvalue weighted by Gasteiger charge is -2.09. The van der Waals surface area contributed by atoms with Crippen LogP contribution in [0.3, 0.4) is 0 Å².